The number of hydrogen-bond acceptors (Lipinski definition) is 1. The first-order valence-electron chi connectivity index (χ1n) is 6.89. The Morgan fingerprint density at radius 1 is 1.37 bits per heavy atom. The SMILES string of the molecule is CCc1ccc2cc(CNC(=O)N3CCC3)[nH]c2c1. The molecule has 19 heavy (non-hydrogen) atoms. The lowest BCUT2D eigenvalue weighted by atomic mass is 10.1. The van der Waals surface area contributed by atoms with Gasteiger partial charge in [0.15, 0.2) is 0 Å². The molecule has 2 amide bonds. The van der Waals surface area contributed by atoms with Crippen molar-refractivity contribution >= 4 is 16.9 Å². The van der Waals surface area contributed by atoms with Gasteiger partial charge in [-0.2, -0.15) is 0 Å². The Labute approximate surface area is 112 Å². The highest BCUT2D eigenvalue weighted by Gasteiger charge is 2.19. The lowest BCUT2D eigenvalue weighted by Gasteiger charge is -2.30. The van der Waals surface area contributed by atoms with E-state index in [1.165, 1.54) is 10.9 Å². The Morgan fingerprint density at radius 2 is 2.21 bits per heavy atom. The summed E-state index contributed by atoms with van der Waals surface area (Å²) in [6, 6.07) is 8.60. The summed E-state index contributed by atoms with van der Waals surface area (Å²) in [7, 11) is 0. The van der Waals surface area contributed by atoms with Crippen LogP contribution < -0.4 is 5.32 Å². The average Bonchev–Trinajstić information content (AvgIpc) is 2.75. The summed E-state index contributed by atoms with van der Waals surface area (Å²) in [4.78, 5) is 16.9. The quantitative estimate of drug-likeness (QED) is 0.872. The monoisotopic (exact) mass is 257 g/mol. The Balaban J connectivity index is 1.69. The van der Waals surface area contributed by atoms with Gasteiger partial charge in [-0.25, -0.2) is 4.79 Å². The second-order valence-corrected chi connectivity index (χ2v) is 5.07. The van der Waals surface area contributed by atoms with E-state index in [-0.39, 0.29) is 6.03 Å². The van der Waals surface area contributed by atoms with E-state index in [0.29, 0.717) is 6.54 Å². The number of benzene rings is 1. The predicted octanol–water partition coefficient (Wildman–Crippen LogP) is 2.65. The molecule has 1 fully saturated rings. The van der Waals surface area contributed by atoms with Crippen LogP contribution in [0, 0.1) is 0 Å². The van der Waals surface area contributed by atoms with Gasteiger partial charge in [-0.05, 0) is 35.9 Å². The molecule has 4 nitrogen and oxygen atoms in total. The molecule has 0 unspecified atom stereocenters. The van der Waals surface area contributed by atoms with Crippen LogP contribution in [0.25, 0.3) is 10.9 Å². The van der Waals surface area contributed by atoms with Gasteiger partial charge in [-0.15, -0.1) is 0 Å². The maximum absolute atomic E-state index is 11.7. The normalized spacial score (nSPS) is 14.5. The summed E-state index contributed by atoms with van der Waals surface area (Å²) in [5.41, 5.74) is 3.52. The molecule has 0 saturated carbocycles. The number of nitrogens with zero attached hydrogens (tertiary/aromatic N) is 1. The van der Waals surface area contributed by atoms with Gasteiger partial charge in [0.2, 0.25) is 0 Å². The van der Waals surface area contributed by atoms with Crippen molar-refractivity contribution in [2.24, 2.45) is 0 Å². The number of likely N-dealkylation sites (tertiary alicyclic amines) is 1. The number of nitrogens with one attached hydrogen (secondary N) is 2. The minimum absolute atomic E-state index is 0.0409. The lowest BCUT2D eigenvalue weighted by molar-refractivity contribution is 0.167. The van der Waals surface area contributed by atoms with Gasteiger partial charge in [0, 0.05) is 24.3 Å². The second-order valence-electron chi connectivity index (χ2n) is 5.07. The average molecular weight is 257 g/mol. The molecule has 2 N–H and O–H groups in total. The number of rotatable bonds is 3. The topological polar surface area (TPSA) is 48.1 Å². The van der Waals surface area contributed by atoms with Crippen LogP contribution in [0.5, 0.6) is 0 Å². The smallest absolute Gasteiger partial charge is 0.317 e. The molecule has 100 valence electrons. The molecule has 1 saturated heterocycles. The Morgan fingerprint density at radius 3 is 2.89 bits per heavy atom. The number of amides is 2. The highest BCUT2D eigenvalue weighted by atomic mass is 16.2. The fraction of sp³-hybridized carbons (Fsp3) is 0.400. The van der Waals surface area contributed by atoms with Crippen molar-refractivity contribution in [3.8, 4) is 0 Å². The molecule has 0 spiro atoms. The second kappa shape index (κ2) is 4.96. The van der Waals surface area contributed by atoms with E-state index in [2.05, 4.69) is 41.5 Å². The Hall–Kier alpha value is -1.97. The zero-order valence-electron chi connectivity index (χ0n) is 11.2. The first-order chi connectivity index (χ1) is 9.26. The highest BCUT2D eigenvalue weighted by Crippen LogP contribution is 2.17. The summed E-state index contributed by atoms with van der Waals surface area (Å²) in [6.45, 7) is 4.49. The van der Waals surface area contributed by atoms with Crippen molar-refractivity contribution in [3.63, 3.8) is 0 Å². The van der Waals surface area contributed by atoms with Gasteiger partial charge in [0.25, 0.3) is 0 Å². The van der Waals surface area contributed by atoms with Crippen LogP contribution in [0.15, 0.2) is 24.3 Å². The largest absolute Gasteiger partial charge is 0.357 e. The van der Waals surface area contributed by atoms with Crippen molar-refractivity contribution in [1.29, 1.82) is 0 Å². The predicted molar refractivity (Wildman–Crippen MR) is 76.1 cm³/mol. The number of urea groups is 1. The molecule has 4 heteroatoms. The number of H-pyrrole nitrogens is 1. The number of carbonyl (C=O) groups is 1. The zero-order valence-corrected chi connectivity index (χ0v) is 11.2. The number of aryl methyl sites for hydroxylation is 1. The van der Waals surface area contributed by atoms with Gasteiger partial charge < -0.3 is 15.2 Å². The maximum Gasteiger partial charge on any atom is 0.317 e. The molecular formula is C15H19N3O. The van der Waals surface area contributed by atoms with E-state index in [1.807, 2.05) is 4.90 Å². The lowest BCUT2D eigenvalue weighted by Crippen LogP contribution is -2.47. The summed E-state index contributed by atoms with van der Waals surface area (Å²) in [5.74, 6) is 0. The van der Waals surface area contributed by atoms with Crippen molar-refractivity contribution in [2.75, 3.05) is 13.1 Å². The molecule has 0 atom stereocenters. The molecule has 1 aromatic carbocycles. The van der Waals surface area contributed by atoms with Crippen LogP contribution in [0.3, 0.4) is 0 Å². The summed E-state index contributed by atoms with van der Waals surface area (Å²) in [5, 5.41) is 4.15. The van der Waals surface area contributed by atoms with E-state index < -0.39 is 0 Å². The molecule has 0 radical (unpaired) electrons. The van der Waals surface area contributed by atoms with Crippen molar-refractivity contribution in [3.05, 3.63) is 35.5 Å². The third kappa shape index (κ3) is 2.43. The van der Waals surface area contributed by atoms with Crippen LogP contribution in [0.4, 0.5) is 4.79 Å². The number of aromatic amines is 1. The first-order valence-corrected chi connectivity index (χ1v) is 6.89. The molecule has 0 bridgehead atoms. The van der Waals surface area contributed by atoms with Crippen LogP contribution in [0.1, 0.15) is 24.6 Å². The molecule has 1 aromatic heterocycles. The van der Waals surface area contributed by atoms with Gasteiger partial charge in [-0.1, -0.05) is 19.1 Å². The van der Waals surface area contributed by atoms with Crippen LogP contribution >= 0.6 is 0 Å². The Kier molecular flexibility index (Phi) is 3.15. The maximum atomic E-state index is 11.7. The van der Waals surface area contributed by atoms with E-state index in [9.17, 15) is 4.79 Å². The van der Waals surface area contributed by atoms with E-state index in [0.717, 1.165) is 37.1 Å². The van der Waals surface area contributed by atoms with Gasteiger partial charge in [0.05, 0.1) is 6.54 Å². The molecule has 1 aliphatic heterocycles. The van der Waals surface area contributed by atoms with Crippen molar-refractivity contribution in [2.45, 2.75) is 26.3 Å². The first kappa shape index (κ1) is 12.1. The van der Waals surface area contributed by atoms with Crippen LogP contribution in [-0.2, 0) is 13.0 Å². The molecule has 0 aliphatic carbocycles. The molecule has 2 aromatic rings. The van der Waals surface area contributed by atoms with Crippen LogP contribution in [0.2, 0.25) is 0 Å². The van der Waals surface area contributed by atoms with Crippen molar-refractivity contribution in [1.82, 2.24) is 15.2 Å². The minimum Gasteiger partial charge on any atom is -0.357 e. The highest BCUT2D eigenvalue weighted by molar-refractivity contribution is 5.81. The number of fused-ring (bicyclic) bond motifs is 1. The standard InChI is InChI=1S/C15H19N3O/c1-2-11-4-5-12-9-13(17-14(12)8-11)10-16-15(19)18-6-3-7-18/h4-5,8-9,17H,2-3,6-7,10H2,1H3,(H,16,19). The summed E-state index contributed by atoms with van der Waals surface area (Å²) < 4.78 is 0. The molecule has 1 aliphatic rings. The third-order valence-corrected chi connectivity index (χ3v) is 3.72. The fourth-order valence-electron chi connectivity index (χ4n) is 2.35. The summed E-state index contributed by atoms with van der Waals surface area (Å²) >= 11 is 0. The van der Waals surface area contributed by atoms with E-state index >= 15 is 0 Å². The number of aromatic nitrogens is 1. The van der Waals surface area contributed by atoms with Gasteiger partial charge in [-0.3, -0.25) is 0 Å². The van der Waals surface area contributed by atoms with Gasteiger partial charge >= 0.3 is 6.03 Å². The molecule has 2 heterocycles. The van der Waals surface area contributed by atoms with Crippen molar-refractivity contribution < 1.29 is 4.79 Å². The molecular weight excluding hydrogens is 238 g/mol. The zero-order chi connectivity index (χ0) is 13.2. The fourth-order valence-corrected chi connectivity index (χ4v) is 2.35. The third-order valence-electron chi connectivity index (χ3n) is 3.72. The van der Waals surface area contributed by atoms with Crippen LogP contribution in [-0.4, -0.2) is 29.0 Å². The molecule has 3 rings (SSSR count). The van der Waals surface area contributed by atoms with E-state index in [1.54, 1.807) is 0 Å². The summed E-state index contributed by atoms with van der Waals surface area (Å²) in [6.07, 6.45) is 2.16. The van der Waals surface area contributed by atoms with Gasteiger partial charge in [0.1, 0.15) is 0 Å². The minimum atomic E-state index is 0.0409. The number of hydrogen-bond donors (Lipinski definition) is 2. The van der Waals surface area contributed by atoms with E-state index in [4.69, 9.17) is 0 Å². The number of carbonyl (C=O) groups excluding carboxylic acids is 1. The Bertz CT molecular complexity index is 598.